The standard InChI is InChI=1S/C12H11ClF3NO2/c13-9-2-1-3-10-12(9,19-7-11(14,15)16)8(4-5-18)6-17-10/h1-3,6,18H,4-5,7H2. The van der Waals surface area contributed by atoms with E-state index in [1.807, 2.05) is 0 Å². The lowest BCUT2D eigenvalue weighted by molar-refractivity contribution is -0.184. The van der Waals surface area contributed by atoms with Crippen LogP contribution >= 0.6 is 11.6 Å². The maximum absolute atomic E-state index is 12.4. The summed E-state index contributed by atoms with van der Waals surface area (Å²) < 4.78 is 42.2. The van der Waals surface area contributed by atoms with Crippen molar-refractivity contribution in [2.24, 2.45) is 4.99 Å². The normalized spacial score (nSPS) is 25.8. The Bertz CT molecular complexity index is 494. The van der Waals surface area contributed by atoms with Crippen molar-refractivity contribution in [2.45, 2.75) is 18.2 Å². The van der Waals surface area contributed by atoms with Crippen LogP contribution in [0.4, 0.5) is 13.2 Å². The van der Waals surface area contributed by atoms with E-state index in [1.165, 1.54) is 12.3 Å². The van der Waals surface area contributed by atoms with Crippen molar-refractivity contribution in [3.63, 3.8) is 0 Å². The largest absolute Gasteiger partial charge is 0.411 e. The van der Waals surface area contributed by atoms with E-state index in [1.54, 1.807) is 12.2 Å². The fourth-order valence-electron chi connectivity index (χ4n) is 2.06. The van der Waals surface area contributed by atoms with Crippen molar-refractivity contribution in [2.75, 3.05) is 13.2 Å². The molecule has 1 atom stereocenters. The molecule has 0 radical (unpaired) electrons. The average Bonchev–Trinajstić information content (AvgIpc) is 2.67. The van der Waals surface area contributed by atoms with Gasteiger partial charge in [-0.15, -0.1) is 0 Å². The van der Waals surface area contributed by atoms with Crippen LogP contribution in [0.1, 0.15) is 6.42 Å². The molecule has 0 saturated carbocycles. The molecule has 0 aromatic heterocycles. The Balaban J connectivity index is 2.33. The summed E-state index contributed by atoms with van der Waals surface area (Å²) in [6.07, 6.45) is 1.67. The number of fused-ring (bicyclic) bond motifs is 1. The van der Waals surface area contributed by atoms with Crippen LogP contribution in [0.15, 0.2) is 40.0 Å². The number of alkyl halides is 3. The molecule has 1 aliphatic carbocycles. The molecule has 1 heterocycles. The third-order valence-corrected chi connectivity index (χ3v) is 3.23. The zero-order valence-corrected chi connectivity index (χ0v) is 10.5. The summed E-state index contributed by atoms with van der Waals surface area (Å²) in [6, 6.07) is 0. The zero-order valence-electron chi connectivity index (χ0n) is 9.75. The molecule has 1 aliphatic heterocycles. The van der Waals surface area contributed by atoms with Crippen LogP contribution in [0.5, 0.6) is 0 Å². The predicted octanol–water partition coefficient (Wildman–Crippen LogP) is 2.72. The highest BCUT2D eigenvalue weighted by molar-refractivity contribution is 6.35. The molecule has 0 amide bonds. The fourth-order valence-corrected chi connectivity index (χ4v) is 2.40. The number of allylic oxidation sites excluding steroid dienone is 2. The Morgan fingerprint density at radius 2 is 2.16 bits per heavy atom. The third-order valence-electron chi connectivity index (χ3n) is 2.84. The lowest BCUT2D eigenvalue weighted by atomic mass is 9.85. The van der Waals surface area contributed by atoms with E-state index in [0.29, 0.717) is 11.3 Å². The summed E-state index contributed by atoms with van der Waals surface area (Å²) in [7, 11) is 0. The van der Waals surface area contributed by atoms with Crippen LogP contribution in [0.2, 0.25) is 0 Å². The maximum atomic E-state index is 12.4. The van der Waals surface area contributed by atoms with E-state index < -0.39 is 18.4 Å². The molecule has 2 aliphatic rings. The monoisotopic (exact) mass is 293 g/mol. The van der Waals surface area contributed by atoms with Crippen LogP contribution in [-0.4, -0.2) is 35.8 Å². The van der Waals surface area contributed by atoms with Gasteiger partial charge in [-0.25, -0.2) is 0 Å². The molecular weight excluding hydrogens is 283 g/mol. The van der Waals surface area contributed by atoms with Crippen LogP contribution in [0.25, 0.3) is 0 Å². The van der Waals surface area contributed by atoms with Crippen molar-refractivity contribution < 1.29 is 23.0 Å². The number of nitrogens with zero attached hydrogens (tertiary/aromatic N) is 1. The van der Waals surface area contributed by atoms with Crippen molar-refractivity contribution in [3.8, 4) is 0 Å². The highest BCUT2D eigenvalue weighted by atomic mass is 35.5. The summed E-state index contributed by atoms with van der Waals surface area (Å²) >= 11 is 6.05. The number of ether oxygens (including phenoxy) is 1. The van der Waals surface area contributed by atoms with Crippen molar-refractivity contribution in [3.05, 3.63) is 35.0 Å². The Hall–Kier alpha value is -1.11. The topological polar surface area (TPSA) is 41.8 Å². The molecule has 0 fully saturated rings. The fraction of sp³-hybridized carbons (Fsp3) is 0.417. The van der Waals surface area contributed by atoms with Crippen molar-refractivity contribution >= 4 is 17.3 Å². The third kappa shape index (κ3) is 2.61. The maximum Gasteiger partial charge on any atom is 0.411 e. The minimum atomic E-state index is -4.47. The highest BCUT2D eigenvalue weighted by Gasteiger charge is 2.48. The Kier molecular flexibility index (Phi) is 3.85. The smallest absolute Gasteiger partial charge is 0.396 e. The predicted molar refractivity (Wildman–Crippen MR) is 65.0 cm³/mol. The van der Waals surface area contributed by atoms with Gasteiger partial charge in [-0.3, -0.25) is 4.99 Å². The van der Waals surface area contributed by atoms with Gasteiger partial charge in [0.15, 0.2) is 5.60 Å². The summed E-state index contributed by atoms with van der Waals surface area (Å²) in [5, 5.41) is 9.10. The van der Waals surface area contributed by atoms with Crippen LogP contribution < -0.4 is 0 Å². The Morgan fingerprint density at radius 3 is 2.79 bits per heavy atom. The van der Waals surface area contributed by atoms with Gasteiger partial charge in [-0.05, 0) is 24.1 Å². The zero-order chi connectivity index (χ0) is 14.1. The number of aliphatic hydroxyl groups is 1. The SMILES string of the molecule is OCCC1=CN=C2C=CC=C(Cl)C12OCC(F)(F)F. The Morgan fingerprint density at radius 1 is 1.42 bits per heavy atom. The molecule has 7 heteroatoms. The minimum Gasteiger partial charge on any atom is -0.396 e. The molecule has 0 aromatic rings. The van der Waals surface area contributed by atoms with E-state index in [2.05, 4.69) is 4.99 Å². The number of aliphatic hydroxyl groups excluding tert-OH is 1. The highest BCUT2D eigenvalue weighted by Crippen LogP contribution is 2.42. The summed E-state index contributed by atoms with van der Waals surface area (Å²) in [5.41, 5.74) is -0.790. The van der Waals surface area contributed by atoms with E-state index in [4.69, 9.17) is 21.4 Å². The van der Waals surface area contributed by atoms with E-state index in [0.717, 1.165) is 0 Å². The lowest BCUT2D eigenvalue weighted by Gasteiger charge is -2.34. The van der Waals surface area contributed by atoms with Gasteiger partial charge in [-0.1, -0.05) is 17.7 Å². The molecule has 3 nitrogen and oxygen atoms in total. The molecule has 104 valence electrons. The summed E-state index contributed by atoms with van der Waals surface area (Å²) in [5.74, 6) is 0. The van der Waals surface area contributed by atoms with Gasteiger partial charge >= 0.3 is 6.18 Å². The van der Waals surface area contributed by atoms with E-state index >= 15 is 0 Å². The molecule has 1 N–H and O–H groups in total. The van der Waals surface area contributed by atoms with Gasteiger partial charge in [0.05, 0.1) is 10.7 Å². The number of hydrogen-bond donors (Lipinski definition) is 1. The lowest BCUT2D eigenvalue weighted by Crippen LogP contribution is -2.44. The second-order valence-electron chi connectivity index (χ2n) is 4.10. The molecule has 0 spiro atoms. The average molecular weight is 294 g/mol. The van der Waals surface area contributed by atoms with Gasteiger partial charge in [0.1, 0.15) is 6.61 Å². The molecule has 0 saturated heterocycles. The number of hydrogen-bond acceptors (Lipinski definition) is 3. The quantitative estimate of drug-likeness (QED) is 0.866. The summed E-state index contributed by atoms with van der Waals surface area (Å²) in [4.78, 5) is 4.02. The molecule has 0 bridgehead atoms. The first-order chi connectivity index (χ1) is 8.90. The molecule has 1 unspecified atom stereocenters. The van der Waals surface area contributed by atoms with Crippen LogP contribution in [-0.2, 0) is 4.74 Å². The minimum absolute atomic E-state index is 0.107. The van der Waals surface area contributed by atoms with Gasteiger partial charge in [0.25, 0.3) is 0 Å². The van der Waals surface area contributed by atoms with Gasteiger partial charge in [0.2, 0.25) is 0 Å². The number of halogens is 4. The summed E-state index contributed by atoms with van der Waals surface area (Å²) in [6.45, 7) is -1.66. The van der Waals surface area contributed by atoms with Crippen LogP contribution in [0, 0.1) is 0 Å². The van der Waals surface area contributed by atoms with Crippen LogP contribution in [0.3, 0.4) is 0 Å². The molecule has 0 aromatic carbocycles. The van der Waals surface area contributed by atoms with Crippen molar-refractivity contribution in [1.29, 1.82) is 0 Å². The van der Waals surface area contributed by atoms with E-state index in [-0.39, 0.29) is 18.1 Å². The molecule has 19 heavy (non-hydrogen) atoms. The van der Waals surface area contributed by atoms with Gasteiger partial charge in [0, 0.05) is 12.8 Å². The second kappa shape index (κ2) is 5.11. The van der Waals surface area contributed by atoms with Gasteiger partial charge < -0.3 is 9.84 Å². The molecular formula is C12H11ClF3NO2. The first-order valence-electron chi connectivity index (χ1n) is 5.54. The first kappa shape index (κ1) is 14.3. The number of aliphatic imine (C=N–C) groups is 1. The Labute approximate surface area is 112 Å². The second-order valence-corrected chi connectivity index (χ2v) is 4.51. The van der Waals surface area contributed by atoms with Crippen molar-refractivity contribution in [1.82, 2.24) is 0 Å². The van der Waals surface area contributed by atoms with E-state index in [9.17, 15) is 13.2 Å². The number of rotatable bonds is 4. The molecule has 2 rings (SSSR count). The van der Waals surface area contributed by atoms with Gasteiger partial charge in [-0.2, -0.15) is 13.2 Å². The first-order valence-corrected chi connectivity index (χ1v) is 5.91.